The highest BCUT2D eigenvalue weighted by Crippen LogP contribution is 2.40. The predicted molar refractivity (Wildman–Crippen MR) is 93.2 cm³/mol. The van der Waals surface area contributed by atoms with Gasteiger partial charge in [-0.2, -0.15) is 0 Å². The van der Waals surface area contributed by atoms with Gasteiger partial charge in [0.25, 0.3) is 0 Å². The summed E-state index contributed by atoms with van der Waals surface area (Å²) in [5.74, 6) is 0. The molecule has 1 heteroatoms. The zero-order chi connectivity index (χ0) is 15.9. The molecule has 1 N–H and O–H groups in total. The lowest BCUT2D eigenvalue weighted by atomic mass is 9.72. The molecule has 116 valence electrons. The van der Waals surface area contributed by atoms with Gasteiger partial charge in [0.05, 0.1) is 6.61 Å². The van der Waals surface area contributed by atoms with Gasteiger partial charge < -0.3 is 5.11 Å². The van der Waals surface area contributed by atoms with Crippen molar-refractivity contribution in [3.05, 3.63) is 58.7 Å². The second kappa shape index (κ2) is 8.19. The topological polar surface area (TPSA) is 20.2 Å². The van der Waals surface area contributed by atoms with Crippen molar-refractivity contribution in [2.45, 2.75) is 53.9 Å². The quantitative estimate of drug-likeness (QED) is 0.661. The van der Waals surface area contributed by atoms with Crippen LogP contribution in [0.1, 0.15) is 53.9 Å². The summed E-state index contributed by atoms with van der Waals surface area (Å²) in [6.07, 6.45) is 16.3. The van der Waals surface area contributed by atoms with Gasteiger partial charge in [-0.1, -0.05) is 67.0 Å². The van der Waals surface area contributed by atoms with Crippen molar-refractivity contribution in [2.75, 3.05) is 6.61 Å². The van der Waals surface area contributed by atoms with Gasteiger partial charge in [-0.15, -0.1) is 0 Å². The molecule has 0 unspecified atom stereocenters. The van der Waals surface area contributed by atoms with E-state index in [0.717, 1.165) is 5.57 Å². The van der Waals surface area contributed by atoms with E-state index < -0.39 is 0 Å². The first kappa shape index (κ1) is 17.7. The number of aliphatic hydroxyl groups is 1. The van der Waals surface area contributed by atoms with E-state index in [-0.39, 0.29) is 6.61 Å². The first-order valence-corrected chi connectivity index (χ1v) is 7.87. The van der Waals surface area contributed by atoms with Crippen LogP contribution in [0.5, 0.6) is 0 Å². The Morgan fingerprint density at radius 2 is 1.90 bits per heavy atom. The molecule has 1 nitrogen and oxygen atoms in total. The Morgan fingerprint density at radius 3 is 2.52 bits per heavy atom. The fraction of sp³-hybridized carbons (Fsp3) is 0.500. The van der Waals surface area contributed by atoms with Crippen molar-refractivity contribution >= 4 is 0 Å². The average Bonchev–Trinajstić information content (AvgIpc) is 2.37. The summed E-state index contributed by atoms with van der Waals surface area (Å²) >= 11 is 0. The molecule has 0 saturated carbocycles. The standard InChI is InChI=1S/C20H30O/c1-16(8-6-9-17(2)13-15-21)11-12-19-18(3)10-7-14-20(19,4)5/h6,8-9,11-13,21H,7,10,14-15H2,1-5H3/b9-6?,12-11+,16-8+,17-13?. The molecule has 0 bridgehead atoms. The number of hydrogen-bond acceptors (Lipinski definition) is 1. The molecule has 0 saturated heterocycles. The van der Waals surface area contributed by atoms with Crippen molar-refractivity contribution in [3.8, 4) is 0 Å². The van der Waals surface area contributed by atoms with Crippen LogP contribution in [0.4, 0.5) is 0 Å². The lowest BCUT2D eigenvalue weighted by molar-refractivity contribution is 0.342. The highest BCUT2D eigenvalue weighted by Gasteiger charge is 2.26. The Labute approximate surface area is 130 Å². The average molecular weight is 286 g/mol. The van der Waals surface area contributed by atoms with Gasteiger partial charge in [-0.05, 0) is 51.0 Å². The molecule has 0 atom stereocenters. The fourth-order valence-electron chi connectivity index (χ4n) is 2.84. The fourth-order valence-corrected chi connectivity index (χ4v) is 2.84. The molecule has 0 spiro atoms. The van der Waals surface area contributed by atoms with Crippen molar-refractivity contribution in [2.24, 2.45) is 5.41 Å². The van der Waals surface area contributed by atoms with Gasteiger partial charge in [0.2, 0.25) is 0 Å². The van der Waals surface area contributed by atoms with Crippen molar-refractivity contribution in [1.82, 2.24) is 0 Å². The Kier molecular flexibility index (Phi) is 6.91. The molecular formula is C20H30O. The van der Waals surface area contributed by atoms with Crippen LogP contribution in [-0.2, 0) is 0 Å². The van der Waals surface area contributed by atoms with E-state index in [1.54, 1.807) is 6.08 Å². The lowest BCUT2D eigenvalue weighted by Crippen LogP contribution is -2.19. The van der Waals surface area contributed by atoms with Gasteiger partial charge in [0, 0.05) is 0 Å². The number of aliphatic hydroxyl groups excluding tert-OH is 1. The van der Waals surface area contributed by atoms with Crippen LogP contribution in [0, 0.1) is 5.41 Å². The molecule has 21 heavy (non-hydrogen) atoms. The van der Waals surface area contributed by atoms with Crippen LogP contribution in [0.25, 0.3) is 0 Å². The van der Waals surface area contributed by atoms with Gasteiger partial charge >= 0.3 is 0 Å². The molecule has 1 aliphatic rings. The summed E-state index contributed by atoms with van der Waals surface area (Å²) in [7, 11) is 0. The zero-order valence-electron chi connectivity index (χ0n) is 14.2. The van der Waals surface area contributed by atoms with Gasteiger partial charge in [0.1, 0.15) is 0 Å². The number of hydrogen-bond donors (Lipinski definition) is 1. The maximum atomic E-state index is 8.81. The lowest BCUT2D eigenvalue weighted by Gasteiger charge is -2.32. The van der Waals surface area contributed by atoms with E-state index in [2.05, 4.69) is 45.9 Å². The van der Waals surface area contributed by atoms with Crippen LogP contribution < -0.4 is 0 Å². The molecule has 1 aliphatic carbocycles. The van der Waals surface area contributed by atoms with E-state index >= 15 is 0 Å². The minimum Gasteiger partial charge on any atom is -0.392 e. The second-order valence-corrected chi connectivity index (χ2v) is 6.67. The summed E-state index contributed by atoms with van der Waals surface area (Å²) < 4.78 is 0. The molecule has 0 fully saturated rings. The summed E-state index contributed by atoms with van der Waals surface area (Å²) in [5, 5.41) is 8.81. The molecule has 0 aromatic rings. The van der Waals surface area contributed by atoms with Crippen LogP contribution in [0.2, 0.25) is 0 Å². The summed E-state index contributed by atoms with van der Waals surface area (Å²) in [6.45, 7) is 11.2. The minimum atomic E-state index is 0.0985. The van der Waals surface area contributed by atoms with E-state index in [1.165, 1.54) is 36.0 Å². The highest BCUT2D eigenvalue weighted by molar-refractivity contribution is 5.37. The third kappa shape index (κ3) is 5.89. The smallest absolute Gasteiger partial charge is 0.0617 e. The van der Waals surface area contributed by atoms with Gasteiger partial charge in [-0.3, -0.25) is 0 Å². The molecule has 0 aromatic carbocycles. The third-order valence-corrected chi connectivity index (χ3v) is 4.19. The highest BCUT2D eigenvalue weighted by atomic mass is 16.2. The Bertz CT molecular complexity index is 496. The van der Waals surface area contributed by atoms with E-state index in [0.29, 0.717) is 5.41 Å². The van der Waals surface area contributed by atoms with Crippen LogP contribution in [0.15, 0.2) is 58.7 Å². The summed E-state index contributed by atoms with van der Waals surface area (Å²) in [4.78, 5) is 0. The summed E-state index contributed by atoms with van der Waals surface area (Å²) in [5.41, 5.74) is 5.66. The van der Waals surface area contributed by atoms with Crippen molar-refractivity contribution in [3.63, 3.8) is 0 Å². The molecule has 1 rings (SSSR count). The third-order valence-electron chi connectivity index (χ3n) is 4.19. The first-order valence-electron chi connectivity index (χ1n) is 7.87. The van der Waals surface area contributed by atoms with Gasteiger partial charge in [-0.25, -0.2) is 0 Å². The second-order valence-electron chi connectivity index (χ2n) is 6.67. The van der Waals surface area contributed by atoms with Crippen LogP contribution in [0.3, 0.4) is 0 Å². The normalized spacial score (nSPS) is 20.9. The SMILES string of the molecule is CC(C=C/C=C(C)/C=C/C1=C(C)CCCC1(C)C)=CCO. The molecular weight excluding hydrogens is 256 g/mol. The summed E-state index contributed by atoms with van der Waals surface area (Å²) in [6, 6.07) is 0. The zero-order valence-corrected chi connectivity index (χ0v) is 14.2. The van der Waals surface area contributed by atoms with E-state index in [9.17, 15) is 0 Å². The molecule has 0 aliphatic heterocycles. The maximum Gasteiger partial charge on any atom is 0.0617 e. The molecule has 0 heterocycles. The van der Waals surface area contributed by atoms with Crippen molar-refractivity contribution < 1.29 is 5.11 Å². The number of allylic oxidation sites excluding steroid dienone is 9. The van der Waals surface area contributed by atoms with E-state index in [4.69, 9.17) is 5.11 Å². The van der Waals surface area contributed by atoms with Crippen LogP contribution in [-0.4, -0.2) is 11.7 Å². The van der Waals surface area contributed by atoms with Gasteiger partial charge in [0.15, 0.2) is 0 Å². The number of rotatable bonds is 5. The molecule has 0 aromatic heterocycles. The Morgan fingerprint density at radius 1 is 1.19 bits per heavy atom. The monoisotopic (exact) mass is 286 g/mol. The molecule has 0 amide bonds. The first-order chi connectivity index (χ1) is 9.86. The van der Waals surface area contributed by atoms with E-state index in [1.807, 2.05) is 19.1 Å². The predicted octanol–water partition coefficient (Wildman–Crippen LogP) is 5.51. The van der Waals surface area contributed by atoms with Crippen LogP contribution >= 0.6 is 0 Å². The largest absolute Gasteiger partial charge is 0.392 e. The van der Waals surface area contributed by atoms with Crippen molar-refractivity contribution in [1.29, 1.82) is 0 Å². The minimum absolute atomic E-state index is 0.0985. The maximum absolute atomic E-state index is 8.81. The molecule has 0 radical (unpaired) electrons. The Balaban J connectivity index is 2.78. The Hall–Kier alpha value is -1.34.